The van der Waals surface area contributed by atoms with Gasteiger partial charge in [0.15, 0.2) is 5.84 Å². The van der Waals surface area contributed by atoms with Gasteiger partial charge in [-0.05, 0) is 48.7 Å². The predicted molar refractivity (Wildman–Crippen MR) is 98.9 cm³/mol. The Balaban J connectivity index is 1.95. The van der Waals surface area contributed by atoms with E-state index in [1.54, 1.807) is 6.20 Å². The number of aromatic nitrogens is 1. The quantitative estimate of drug-likeness (QED) is 0.177. The Hall–Kier alpha value is -2.62. The Morgan fingerprint density at radius 3 is 2.64 bits per heavy atom. The molecule has 7 N–H and O–H groups in total. The van der Waals surface area contributed by atoms with Gasteiger partial charge in [-0.1, -0.05) is 12.1 Å². The van der Waals surface area contributed by atoms with Crippen molar-refractivity contribution in [1.29, 1.82) is 0 Å². The van der Waals surface area contributed by atoms with E-state index in [4.69, 9.17) is 17.3 Å². The number of carbonyl (C=O) groups is 1. The molecule has 0 fully saturated rings. The van der Waals surface area contributed by atoms with Crippen LogP contribution >= 0.6 is 11.9 Å². The van der Waals surface area contributed by atoms with Crippen molar-refractivity contribution < 1.29 is 4.79 Å². The van der Waals surface area contributed by atoms with Crippen LogP contribution in [0.25, 0.3) is 0 Å². The van der Waals surface area contributed by atoms with Crippen LogP contribution in [-0.4, -0.2) is 28.4 Å². The Morgan fingerprint density at radius 1 is 1.28 bits per heavy atom. The topological polar surface area (TPSA) is 136 Å². The van der Waals surface area contributed by atoms with Crippen LogP contribution < -0.4 is 22.0 Å². The molecule has 0 spiro atoms. The van der Waals surface area contributed by atoms with Gasteiger partial charge in [0.2, 0.25) is 5.91 Å². The highest BCUT2D eigenvalue weighted by molar-refractivity contribution is 7.97. The second kappa shape index (κ2) is 9.02. The van der Waals surface area contributed by atoms with Crippen LogP contribution in [0.3, 0.4) is 0 Å². The summed E-state index contributed by atoms with van der Waals surface area (Å²) in [5, 5.41) is 5.48. The van der Waals surface area contributed by atoms with Crippen molar-refractivity contribution in [3.8, 4) is 0 Å². The lowest BCUT2D eigenvalue weighted by Crippen LogP contribution is -2.29. The van der Waals surface area contributed by atoms with Crippen molar-refractivity contribution in [1.82, 2.24) is 14.8 Å². The zero-order chi connectivity index (χ0) is 18.2. The summed E-state index contributed by atoms with van der Waals surface area (Å²) in [7, 11) is 0. The van der Waals surface area contributed by atoms with E-state index >= 15 is 0 Å². The van der Waals surface area contributed by atoms with Crippen LogP contribution in [0.4, 0.5) is 0 Å². The van der Waals surface area contributed by atoms with Crippen molar-refractivity contribution in [3.63, 3.8) is 0 Å². The molecule has 8 nitrogen and oxygen atoms in total. The van der Waals surface area contributed by atoms with Gasteiger partial charge < -0.3 is 11.5 Å². The Kier molecular flexibility index (Phi) is 6.75. The number of carbonyl (C=O) groups excluding carboxylic acids is 1. The number of amidine groups is 1. The standard InChI is InChI=1S/C16H21N7OS/c1-11-8-12(6-7-20-11)10-23(19)22-16(18)13-2-4-14(5-3-13)25-21-9-15(17)24/h2-8,21H,9-10,19H2,1H3,(H2,17,24)(H2,18,22). The summed E-state index contributed by atoms with van der Waals surface area (Å²) in [5.41, 5.74) is 13.7. The highest BCUT2D eigenvalue weighted by Gasteiger charge is 2.04. The van der Waals surface area contributed by atoms with E-state index in [0.717, 1.165) is 21.7 Å². The molecule has 0 bridgehead atoms. The maximum Gasteiger partial charge on any atom is 0.232 e. The smallest absolute Gasteiger partial charge is 0.232 e. The molecule has 2 rings (SSSR count). The highest BCUT2D eigenvalue weighted by atomic mass is 32.2. The number of hydrazone groups is 1. The monoisotopic (exact) mass is 359 g/mol. The number of benzene rings is 1. The fourth-order valence-electron chi connectivity index (χ4n) is 2.01. The van der Waals surface area contributed by atoms with Gasteiger partial charge in [-0.25, -0.2) is 11.0 Å². The average molecular weight is 359 g/mol. The number of nitrogens with two attached hydrogens (primary N) is 3. The van der Waals surface area contributed by atoms with Crippen molar-refractivity contribution in [2.24, 2.45) is 22.4 Å². The van der Waals surface area contributed by atoms with Gasteiger partial charge >= 0.3 is 0 Å². The second-order valence-electron chi connectivity index (χ2n) is 5.30. The Morgan fingerprint density at radius 2 is 2.00 bits per heavy atom. The SMILES string of the molecule is Cc1cc(CN(N)/N=C(\N)c2ccc(SNCC(N)=O)cc2)ccn1. The number of rotatable bonds is 8. The highest BCUT2D eigenvalue weighted by Crippen LogP contribution is 2.15. The van der Waals surface area contributed by atoms with Crippen LogP contribution in [0.2, 0.25) is 0 Å². The molecule has 1 aromatic carbocycles. The summed E-state index contributed by atoms with van der Waals surface area (Å²) in [6, 6.07) is 11.2. The van der Waals surface area contributed by atoms with E-state index in [1.807, 2.05) is 43.3 Å². The number of hydrazine groups is 1. The lowest BCUT2D eigenvalue weighted by Gasteiger charge is -2.14. The summed E-state index contributed by atoms with van der Waals surface area (Å²) in [6.07, 6.45) is 1.73. The van der Waals surface area contributed by atoms with Crippen LogP contribution in [0.1, 0.15) is 16.8 Å². The molecule has 1 aromatic heterocycles. The van der Waals surface area contributed by atoms with Crippen molar-refractivity contribution in [2.75, 3.05) is 6.54 Å². The lowest BCUT2D eigenvalue weighted by atomic mass is 10.2. The third kappa shape index (κ3) is 6.42. The number of nitrogens with zero attached hydrogens (tertiary/aromatic N) is 3. The largest absolute Gasteiger partial charge is 0.382 e. The molecule has 0 aliphatic carbocycles. The van der Waals surface area contributed by atoms with Crippen LogP contribution in [0, 0.1) is 6.92 Å². The third-order valence-corrected chi connectivity index (χ3v) is 3.92. The molecule has 0 aliphatic heterocycles. The third-order valence-electron chi connectivity index (χ3n) is 3.13. The molecule has 1 amide bonds. The van der Waals surface area contributed by atoms with Crippen molar-refractivity contribution in [3.05, 3.63) is 59.4 Å². The molecule has 0 aliphatic rings. The van der Waals surface area contributed by atoms with Gasteiger partial charge in [0.05, 0.1) is 13.1 Å². The molecular weight excluding hydrogens is 338 g/mol. The first-order chi connectivity index (χ1) is 11.9. The number of nitrogens with one attached hydrogen (secondary N) is 1. The van der Waals surface area contributed by atoms with Gasteiger partial charge in [0, 0.05) is 22.3 Å². The molecule has 9 heteroatoms. The van der Waals surface area contributed by atoms with E-state index < -0.39 is 5.91 Å². The maximum atomic E-state index is 10.7. The van der Waals surface area contributed by atoms with Gasteiger partial charge in [-0.15, -0.1) is 5.10 Å². The molecule has 0 saturated carbocycles. The fourth-order valence-corrected chi connectivity index (χ4v) is 2.66. The van der Waals surface area contributed by atoms with Gasteiger partial charge in [-0.2, -0.15) is 0 Å². The Labute approximate surface area is 150 Å². The number of amides is 1. The first-order valence-corrected chi connectivity index (χ1v) is 8.32. The lowest BCUT2D eigenvalue weighted by molar-refractivity contribution is -0.116. The Bertz CT molecular complexity index is 748. The predicted octanol–water partition coefficient (Wildman–Crippen LogP) is 0.468. The average Bonchev–Trinajstić information content (AvgIpc) is 2.55. The zero-order valence-electron chi connectivity index (χ0n) is 13.8. The van der Waals surface area contributed by atoms with E-state index in [-0.39, 0.29) is 6.54 Å². The summed E-state index contributed by atoms with van der Waals surface area (Å²) in [4.78, 5) is 15.7. The van der Waals surface area contributed by atoms with Crippen LogP contribution in [0.5, 0.6) is 0 Å². The normalized spacial score (nSPS) is 11.4. The summed E-state index contributed by atoms with van der Waals surface area (Å²) in [5.74, 6) is 5.81. The molecule has 0 unspecified atom stereocenters. The molecule has 0 radical (unpaired) electrons. The fraction of sp³-hybridized carbons (Fsp3) is 0.188. The number of aryl methyl sites for hydroxylation is 1. The molecule has 0 saturated heterocycles. The summed E-state index contributed by atoms with van der Waals surface area (Å²) in [6.45, 7) is 2.45. The minimum Gasteiger partial charge on any atom is -0.382 e. The van der Waals surface area contributed by atoms with Crippen molar-refractivity contribution >= 4 is 23.7 Å². The molecule has 2 aromatic rings. The summed E-state index contributed by atoms with van der Waals surface area (Å²) >= 11 is 1.31. The number of hydrogen-bond donors (Lipinski definition) is 4. The second-order valence-corrected chi connectivity index (χ2v) is 6.27. The minimum atomic E-state index is -0.409. The van der Waals surface area contributed by atoms with E-state index in [1.165, 1.54) is 17.1 Å². The van der Waals surface area contributed by atoms with Crippen molar-refractivity contribution in [2.45, 2.75) is 18.4 Å². The van der Waals surface area contributed by atoms with E-state index in [2.05, 4.69) is 14.8 Å². The van der Waals surface area contributed by atoms with Gasteiger partial charge in [-0.3, -0.25) is 14.5 Å². The van der Waals surface area contributed by atoms with E-state index in [9.17, 15) is 4.79 Å². The molecular formula is C16H21N7OS. The van der Waals surface area contributed by atoms with Gasteiger partial charge in [0.25, 0.3) is 0 Å². The minimum absolute atomic E-state index is 0.104. The first-order valence-electron chi connectivity index (χ1n) is 7.50. The molecule has 132 valence electrons. The number of hydrogen-bond acceptors (Lipinski definition) is 7. The van der Waals surface area contributed by atoms with Crippen LogP contribution in [0.15, 0.2) is 52.6 Å². The van der Waals surface area contributed by atoms with Crippen LogP contribution in [-0.2, 0) is 11.3 Å². The first kappa shape index (κ1) is 18.7. The molecule has 1 heterocycles. The summed E-state index contributed by atoms with van der Waals surface area (Å²) < 4.78 is 2.86. The number of primary amides is 1. The number of pyridine rings is 1. The molecule has 25 heavy (non-hydrogen) atoms. The zero-order valence-corrected chi connectivity index (χ0v) is 14.7. The maximum absolute atomic E-state index is 10.7. The molecule has 0 atom stereocenters. The van der Waals surface area contributed by atoms with E-state index in [0.29, 0.717) is 12.4 Å². The van der Waals surface area contributed by atoms with Gasteiger partial charge in [0.1, 0.15) is 0 Å².